The van der Waals surface area contributed by atoms with E-state index < -0.39 is 0 Å². The van der Waals surface area contributed by atoms with Gasteiger partial charge in [-0.3, -0.25) is 5.41 Å². The van der Waals surface area contributed by atoms with Gasteiger partial charge in [0.25, 0.3) is 0 Å². The molecule has 2 aromatic heterocycles. The number of pyridine rings is 1. The molecule has 0 aromatic carbocycles. The summed E-state index contributed by atoms with van der Waals surface area (Å²) in [4.78, 5) is 4.49. The maximum atomic E-state index is 7.30. The predicted molar refractivity (Wildman–Crippen MR) is 60.2 cm³/mol. The number of amidine groups is 1. The zero-order valence-electron chi connectivity index (χ0n) is 8.70. The van der Waals surface area contributed by atoms with Gasteiger partial charge in [0, 0.05) is 19.0 Å². The van der Waals surface area contributed by atoms with Crippen LogP contribution in [0.5, 0.6) is 0 Å². The maximum absolute atomic E-state index is 7.30. The Morgan fingerprint density at radius 3 is 3.00 bits per heavy atom. The molecule has 0 amide bonds. The quantitative estimate of drug-likeness (QED) is 0.583. The Kier molecular flexibility index (Phi) is 2.41. The van der Waals surface area contributed by atoms with E-state index in [-0.39, 0.29) is 5.84 Å². The second kappa shape index (κ2) is 3.73. The lowest BCUT2D eigenvalue weighted by Gasteiger charge is -1.97. The smallest absolute Gasteiger partial charge is 0.113 e. The largest absolute Gasteiger partial charge is 0.387 e. The Labute approximate surface area is 88.3 Å². The number of hydrogen-bond donors (Lipinski definition) is 2. The first-order valence-corrected chi connectivity index (χ1v) is 5.00. The Bertz CT molecular complexity index is 498. The van der Waals surface area contributed by atoms with E-state index in [0.717, 1.165) is 23.5 Å². The summed E-state index contributed by atoms with van der Waals surface area (Å²) in [7, 11) is 0. The Morgan fingerprint density at radius 1 is 1.53 bits per heavy atom. The molecule has 0 spiro atoms. The number of hydrogen-bond acceptors (Lipinski definition) is 2. The lowest BCUT2D eigenvalue weighted by molar-refractivity contribution is 0.926. The molecule has 0 saturated carbocycles. The van der Waals surface area contributed by atoms with Crippen LogP contribution in [0.3, 0.4) is 0 Å². The van der Waals surface area contributed by atoms with E-state index in [2.05, 4.69) is 16.3 Å². The van der Waals surface area contributed by atoms with Crippen molar-refractivity contribution in [3.05, 3.63) is 35.9 Å². The predicted octanol–water partition coefficient (Wildman–Crippen LogP) is 1.38. The molecule has 2 heterocycles. The summed E-state index contributed by atoms with van der Waals surface area (Å²) >= 11 is 0. The Balaban J connectivity index is 2.59. The molecule has 2 rings (SSSR count). The summed E-state index contributed by atoms with van der Waals surface area (Å²) in [5, 5.41) is 7.30. The van der Waals surface area contributed by atoms with Crippen LogP contribution >= 0.6 is 0 Å². The van der Waals surface area contributed by atoms with Gasteiger partial charge in [-0.2, -0.15) is 0 Å². The van der Waals surface area contributed by atoms with Crippen LogP contribution in [-0.4, -0.2) is 15.2 Å². The Hall–Kier alpha value is -1.84. The summed E-state index contributed by atoms with van der Waals surface area (Å²) in [6, 6.07) is 5.95. The average Bonchev–Trinajstić information content (AvgIpc) is 2.56. The molecule has 0 aliphatic carbocycles. The minimum absolute atomic E-state index is 0.154. The molecule has 0 saturated heterocycles. The van der Waals surface area contributed by atoms with Gasteiger partial charge in [-0.05, 0) is 12.1 Å². The molecule has 3 N–H and O–H groups in total. The third-order valence-electron chi connectivity index (χ3n) is 2.37. The summed E-state index contributed by atoms with van der Waals surface area (Å²) < 4.78 is 2.05. The van der Waals surface area contributed by atoms with Crippen LogP contribution in [0.15, 0.2) is 24.4 Å². The van der Waals surface area contributed by atoms with E-state index >= 15 is 0 Å². The van der Waals surface area contributed by atoms with Crippen molar-refractivity contribution in [1.82, 2.24) is 9.38 Å². The third kappa shape index (κ3) is 1.70. The lowest BCUT2D eigenvalue weighted by Crippen LogP contribution is -2.13. The van der Waals surface area contributed by atoms with Crippen molar-refractivity contribution < 1.29 is 0 Å². The van der Waals surface area contributed by atoms with E-state index in [1.807, 2.05) is 24.4 Å². The van der Waals surface area contributed by atoms with Gasteiger partial charge in [-0.1, -0.05) is 13.0 Å². The van der Waals surface area contributed by atoms with Gasteiger partial charge < -0.3 is 10.1 Å². The number of fused-ring (bicyclic) bond motifs is 1. The van der Waals surface area contributed by atoms with Gasteiger partial charge >= 0.3 is 0 Å². The van der Waals surface area contributed by atoms with E-state index in [4.69, 9.17) is 11.1 Å². The molecule has 0 unspecified atom stereocenters. The summed E-state index contributed by atoms with van der Waals surface area (Å²) in [6.45, 7) is 2.07. The molecule has 0 aliphatic rings. The van der Waals surface area contributed by atoms with Crippen LogP contribution in [0.2, 0.25) is 0 Å². The molecule has 0 fully saturated rings. The summed E-state index contributed by atoms with van der Waals surface area (Å²) in [5.74, 6) is 1.17. The minimum Gasteiger partial charge on any atom is -0.387 e. The van der Waals surface area contributed by atoms with Crippen molar-refractivity contribution in [1.29, 1.82) is 5.41 Å². The number of nitrogens with one attached hydrogen (secondary N) is 1. The van der Waals surface area contributed by atoms with E-state index in [9.17, 15) is 0 Å². The minimum atomic E-state index is 0.154. The molecule has 0 aliphatic heterocycles. The number of imidazole rings is 1. The first kappa shape index (κ1) is 9.71. The number of aryl methyl sites for hydroxylation is 1. The van der Waals surface area contributed by atoms with Gasteiger partial charge in [-0.25, -0.2) is 4.98 Å². The highest BCUT2D eigenvalue weighted by Gasteiger charge is 2.09. The standard InChI is InChI=1S/C11H14N4/c1-2-11-14-8(7-10(12)13)9-5-3-4-6-15(9)11/h3-6H,2,7H2,1H3,(H3,12,13). The highest BCUT2D eigenvalue weighted by molar-refractivity contribution is 5.81. The molecule has 15 heavy (non-hydrogen) atoms. The fraction of sp³-hybridized carbons (Fsp3) is 0.273. The molecule has 0 atom stereocenters. The zero-order valence-corrected chi connectivity index (χ0v) is 8.70. The van der Waals surface area contributed by atoms with Crippen LogP contribution in [0.25, 0.3) is 5.52 Å². The monoisotopic (exact) mass is 202 g/mol. The van der Waals surface area contributed by atoms with Gasteiger partial charge in [-0.15, -0.1) is 0 Å². The zero-order chi connectivity index (χ0) is 10.8. The fourth-order valence-corrected chi connectivity index (χ4v) is 1.73. The molecular weight excluding hydrogens is 188 g/mol. The van der Waals surface area contributed by atoms with Crippen LogP contribution in [0.1, 0.15) is 18.4 Å². The van der Waals surface area contributed by atoms with Gasteiger partial charge in [0.1, 0.15) is 5.82 Å². The van der Waals surface area contributed by atoms with E-state index in [1.165, 1.54) is 0 Å². The van der Waals surface area contributed by atoms with Crippen molar-refractivity contribution in [3.8, 4) is 0 Å². The van der Waals surface area contributed by atoms with Crippen LogP contribution in [-0.2, 0) is 12.8 Å². The van der Waals surface area contributed by atoms with Crippen molar-refractivity contribution in [2.75, 3.05) is 0 Å². The molecule has 78 valence electrons. The van der Waals surface area contributed by atoms with Crippen molar-refractivity contribution >= 4 is 11.4 Å². The first-order chi connectivity index (χ1) is 7.22. The van der Waals surface area contributed by atoms with Crippen molar-refractivity contribution in [2.45, 2.75) is 19.8 Å². The number of aromatic nitrogens is 2. The highest BCUT2D eigenvalue weighted by Crippen LogP contribution is 2.13. The van der Waals surface area contributed by atoms with E-state index in [1.54, 1.807) is 0 Å². The van der Waals surface area contributed by atoms with Crippen LogP contribution < -0.4 is 5.73 Å². The molecule has 0 radical (unpaired) electrons. The normalized spacial score (nSPS) is 10.7. The summed E-state index contributed by atoms with van der Waals surface area (Å²) in [5.41, 5.74) is 7.33. The van der Waals surface area contributed by atoms with Crippen molar-refractivity contribution in [3.63, 3.8) is 0 Å². The summed E-state index contributed by atoms with van der Waals surface area (Å²) in [6.07, 6.45) is 3.29. The number of nitrogens with zero attached hydrogens (tertiary/aromatic N) is 2. The Morgan fingerprint density at radius 2 is 2.33 bits per heavy atom. The topological polar surface area (TPSA) is 67.2 Å². The third-order valence-corrected chi connectivity index (χ3v) is 2.37. The second-order valence-electron chi connectivity index (χ2n) is 3.49. The average molecular weight is 202 g/mol. The van der Waals surface area contributed by atoms with Crippen LogP contribution in [0, 0.1) is 5.41 Å². The highest BCUT2D eigenvalue weighted by atomic mass is 15.0. The van der Waals surface area contributed by atoms with Gasteiger partial charge in [0.2, 0.25) is 0 Å². The fourth-order valence-electron chi connectivity index (χ4n) is 1.73. The second-order valence-corrected chi connectivity index (χ2v) is 3.49. The van der Waals surface area contributed by atoms with Crippen LogP contribution in [0.4, 0.5) is 0 Å². The lowest BCUT2D eigenvalue weighted by atomic mass is 10.2. The first-order valence-electron chi connectivity index (χ1n) is 5.00. The van der Waals surface area contributed by atoms with Gasteiger partial charge in [0.15, 0.2) is 0 Å². The van der Waals surface area contributed by atoms with E-state index in [0.29, 0.717) is 6.42 Å². The number of nitrogens with two attached hydrogens (primary N) is 1. The molecule has 4 heteroatoms. The molecular formula is C11H14N4. The molecule has 2 aromatic rings. The SMILES string of the molecule is CCc1nc(CC(=N)N)c2ccccn12. The molecule has 0 bridgehead atoms. The van der Waals surface area contributed by atoms with Crippen molar-refractivity contribution in [2.24, 2.45) is 5.73 Å². The number of rotatable bonds is 3. The maximum Gasteiger partial charge on any atom is 0.113 e. The van der Waals surface area contributed by atoms with Gasteiger partial charge in [0.05, 0.1) is 17.0 Å². The molecule has 4 nitrogen and oxygen atoms in total.